The van der Waals surface area contributed by atoms with Crippen LogP contribution in [0.5, 0.6) is 0 Å². The van der Waals surface area contributed by atoms with Crippen LogP contribution in [0.3, 0.4) is 0 Å². The van der Waals surface area contributed by atoms with Gasteiger partial charge in [-0.25, -0.2) is 0 Å². The summed E-state index contributed by atoms with van der Waals surface area (Å²) in [6, 6.07) is 0. The quantitative estimate of drug-likeness (QED) is 0.0310. The van der Waals surface area contributed by atoms with Crippen LogP contribution in [0.15, 0.2) is 0 Å². The average Bonchev–Trinajstić information content (AvgIpc) is 0.880. The Morgan fingerprint density at radius 2 is 0.463 bits per heavy atom. The summed E-state index contributed by atoms with van der Waals surface area (Å²) < 4.78 is 69.1. The molecule has 0 aromatic carbocycles. The molecule has 0 amide bonds. The molecule has 1 aliphatic rings. The van der Waals surface area contributed by atoms with E-state index in [1.807, 2.05) is 53.4 Å². The van der Waals surface area contributed by atoms with Crippen molar-refractivity contribution >= 4 is 59.7 Å². The van der Waals surface area contributed by atoms with Gasteiger partial charge in [-0.1, -0.05) is 198 Å². The molecule has 7 unspecified atom stereocenters. The number of esters is 10. The molecule has 0 N–H and O–H groups in total. The zero-order valence-corrected chi connectivity index (χ0v) is 79.6. The second-order valence-corrected chi connectivity index (χ2v) is 34.2. The lowest BCUT2D eigenvalue weighted by atomic mass is 10.0. The molecule has 0 saturated carbocycles. The predicted octanol–water partition coefficient (Wildman–Crippen LogP) is 16.6. The SMILES string of the molecule is CCCCCCC(C)C(=O)OCCCCOC(=O)CCN(CCC(=O)OCCCCOC(=O)C(C)CCCCCC)CC(CN(CCC(=O)OCCCCOC(=O)C(C)CCCCCC)CCN1CCN(CC(CN(CCC(=O)OCCCCOC(=O)C(C)CCCCCC)CCC(=O)OCCCCOC(=O)C(C)CCCCCC)OCC)CC1)OCC. The Kier molecular flexibility index (Phi) is 74.9. The zero-order valence-electron chi connectivity index (χ0n) is 79.6. The fraction of sp³-hybridized carbons (Fsp3) is 0.896. The number of carbonyl (C=O) groups is 10. The van der Waals surface area contributed by atoms with Gasteiger partial charge in [-0.05, 0) is 110 Å². The second-order valence-electron chi connectivity index (χ2n) is 34.2. The molecule has 0 radical (unpaired) electrons. The molecule has 123 heavy (non-hydrogen) atoms. The van der Waals surface area contributed by atoms with Crippen molar-refractivity contribution in [1.29, 1.82) is 0 Å². The highest BCUT2D eigenvalue weighted by atomic mass is 16.6. The number of ether oxygens (including phenoxy) is 12. The first-order chi connectivity index (χ1) is 59.5. The van der Waals surface area contributed by atoms with Crippen LogP contribution < -0.4 is 0 Å². The van der Waals surface area contributed by atoms with Gasteiger partial charge in [0.2, 0.25) is 0 Å². The van der Waals surface area contributed by atoms with Gasteiger partial charge >= 0.3 is 59.7 Å². The molecule has 0 aromatic rings. The summed E-state index contributed by atoms with van der Waals surface area (Å²) in [5.74, 6) is -3.70. The van der Waals surface area contributed by atoms with Crippen LogP contribution in [-0.4, -0.2) is 274 Å². The number of hydrogen-bond donors (Lipinski definition) is 0. The van der Waals surface area contributed by atoms with Crippen LogP contribution >= 0.6 is 0 Å². The largest absolute Gasteiger partial charge is 0.466 e. The molecule has 1 aliphatic heterocycles. The first-order valence-electron chi connectivity index (χ1n) is 49.0. The first kappa shape index (κ1) is 115. The summed E-state index contributed by atoms with van der Waals surface area (Å²) in [5.41, 5.74) is 0. The minimum Gasteiger partial charge on any atom is -0.466 e. The summed E-state index contributed by atoms with van der Waals surface area (Å²) in [6.45, 7) is 34.8. The molecule has 718 valence electrons. The van der Waals surface area contributed by atoms with Gasteiger partial charge in [0.15, 0.2) is 0 Å². The van der Waals surface area contributed by atoms with Gasteiger partial charge < -0.3 is 56.8 Å². The van der Waals surface area contributed by atoms with Gasteiger partial charge in [-0.15, -0.1) is 0 Å². The van der Waals surface area contributed by atoms with Crippen molar-refractivity contribution in [3.63, 3.8) is 0 Å². The first-order valence-corrected chi connectivity index (χ1v) is 49.0. The van der Waals surface area contributed by atoms with Crippen molar-refractivity contribution in [2.24, 2.45) is 29.6 Å². The van der Waals surface area contributed by atoms with Gasteiger partial charge in [0, 0.05) is 111 Å². The Morgan fingerprint density at radius 1 is 0.252 bits per heavy atom. The van der Waals surface area contributed by atoms with E-state index in [0.717, 1.165) is 187 Å². The Labute approximate surface area is 744 Å². The molecule has 0 spiro atoms. The number of carbonyl (C=O) groups excluding carboxylic acids is 10. The van der Waals surface area contributed by atoms with Gasteiger partial charge in [-0.2, -0.15) is 0 Å². The zero-order chi connectivity index (χ0) is 90.6. The Hall–Kier alpha value is -5.58. The van der Waals surface area contributed by atoms with Crippen LogP contribution in [-0.2, 0) is 105 Å². The van der Waals surface area contributed by atoms with Gasteiger partial charge in [0.25, 0.3) is 0 Å². The summed E-state index contributed by atoms with van der Waals surface area (Å²) in [7, 11) is 0. The van der Waals surface area contributed by atoms with E-state index in [0.29, 0.717) is 136 Å². The van der Waals surface area contributed by atoms with Crippen LogP contribution in [0.4, 0.5) is 0 Å². The number of nitrogens with zero attached hydrogens (tertiary/aromatic N) is 5. The maximum atomic E-state index is 13.6. The van der Waals surface area contributed by atoms with E-state index in [1.54, 1.807) is 0 Å². The van der Waals surface area contributed by atoms with Crippen LogP contribution in [0.25, 0.3) is 0 Å². The second kappa shape index (κ2) is 79.8. The fourth-order valence-electron chi connectivity index (χ4n) is 14.4. The highest BCUT2D eigenvalue weighted by molar-refractivity contribution is 5.74. The van der Waals surface area contributed by atoms with E-state index < -0.39 is 18.0 Å². The van der Waals surface area contributed by atoms with E-state index in [9.17, 15) is 47.9 Å². The van der Waals surface area contributed by atoms with E-state index in [1.165, 1.54) is 0 Å². The average molecular weight is 1750 g/mol. The molecular weight excluding hydrogens is 1580 g/mol. The lowest BCUT2D eigenvalue weighted by Crippen LogP contribution is -2.52. The third-order valence-corrected chi connectivity index (χ3v) is 22.7. The van der Waals surface area contributed by atoms with E-state index in [-0.39, 0.29) is 195 Å². The molecule has 1 heterocycles. The minimum atomic E-state index is -0.424. The maximum absolute atomic E-state index is 13.6. The summed E-state index contributed by atoms with van der Waals surface area (Å²) in [5, 5.41) is 0. The molecule has 1 rings (SSSR count). The molecule has 1 saturated heterocycles. The van der Waals surface area contributed by atoms with Crippen molar-refractivity contribution in [1.82, 2.24) is 24.5 Å². The van der Waals surface area contributed by atoms with Crippen molar-refractivity contribution in [2.75, 3.05) is 177 Å². The monoisotopic (exact) mass is 1750 g/mol. The Bertz CT molecular complexity index is 2560. The Balaban J connectivity index is 3.35. The van der Waals surface area contributed by atoms with Crippen molar-refractivity contribution in [2.45, 2.75) is 352 Å². The van der Waals surface area contributed by atoms with Crippen LogP contribution in [0.1, 0.15) is 340 Å². The maximum Gasteiger partial charge on any atom is 0.308 e. The normalized spacial score (nSPS) is 14.3. The lowest BCUT2D eigenvalue weighted by molar-refractivity contribution is -0.149. The number of hydrogen-bond acceptors (Lipinski definition) is 27. The van der Waals surface area contributed by atoms with E-state index >= 15 is 0 Å². The predicted molar refractivity (Wildman–Crippen MR) is 481 cm³/mol. The highest BCUT2D eigenvalue weighted by Gasteiger charge is 2.28. The summed E-state index contributed by atoms with van der Waals surface area (Å²) >= 11 is 0. The van der Waals surface area contributed by atoms with Gasteiger partial charge in [0.05, 0.1) is 140 Å². The molecule has 7 atom stereocenters. The third kappa shape index (κ3) is 66.5. The fourth-order valence-corrected chi connectivity index (χ4v) is 14.4. The Morgan fingerprint density at radius 3 is 0.699 bits per heavy atom. The molecule has 1 fully saturated rings. The number of unbranched alkanes of at least 4 members (excludes halogenated alkanes) is 20. The van der Waals surface area contributed by atoms with E-state index in [2.05, 4.69) is 54.2 Å². The molecule has 27 nitrogen and oxygen atoms in total. The standard InChI is InChI=1S/C96H177N5O22/c1-13-20-25-30-45-80(8)92(107)119-71-40-35-66-114-87(102)50-55-98(56-51-88(103)115-67-36-41-72-120-93(108)81(9)46-31-26-21-14-2)76-85(112-18-6)78-100(59-54-91(106)118-70-39-44-75-123-96(111)84(12)49-34-29-24-17-5)63-60-97-61-64-101(65-62-97)79-86(113-19-7)77-99(57-52-89(104)116-68-37-42-73-121-94(109)82(10)47-32-27-22-15-3)58-53-90(105)117-69-38-43-74-122-95(110)83(11)48-33-28-23-16-4/h80-86H,13-79H2,1-12H3. The minimum absolute atomic E-state index is 0.0406. The van der Waals surface area contributed by atoms with E-state index in [4.69, 9.17) is 56.8 Å². The van der Waals surface area contributed by atoms with Crippen LogP contribution in [0.2, 0.25) is 0 Å². The molecule has 0 bridgehead atoms. The lowest BCUT2D eigenvalue weighted by Gasteiger charge is -2.38. The highest BCUT2D eigenvalue weighted by Crippen LogP contribution is 2.20. The molecule has 0 aromatic heterocycles. The smallest absolute Gasteiger partial charge is 0.308 e. The summed E-state index contributed by atoms with van der Waals surface area (Å²) in [6.07, 6.45) is 31.0. The van der Waals surface area contributed by atoms with Crippen molar-refractivity contribution in [3.05, 3.63) is 0 Å². The topological polar surface area (TPSA) is 298 Å². The molecule has 27 heteroatoms. The van der Waals surface area contributed by atoms with Crippen molar-refractivity contribution < 1.29 is 105 Å². The van der Waals surface area contributed by atoms with Crippen molar-refractivity contribution in [3.8, 4) is 0 Å². The number of piperazine rings is 1. The third-order valence-electron chi connectivity index (χ3n) is 22.7. The number of rotatable bonds is 85. The van der Waals surface area contributed by atoms with Crippen LogP contribution in [0, 0.1) is 29.6 Å². The van der Waals surface area contributed by atoms with Gasteiger partial charge in [0.1, 0.15) is 0 Å². The molecule has 0 aliphatic carbocycles. The molecular formula is C96H177N5O22. The summed E-state index contributed by atoms with van der Waals surface area (Å²) in [4.78, 5) is 141. The van der Waals surface area contributed by atoms with Gasteiger partial charge in [-0.3, -0.25) is 72.4 Å².